The van der Waals surface area contributed by atoms with Gasteiger partial charge in [0.25, 0.3) is 0 Å². The zero-order valence-corrected chi connectivity index (χ0v) is 16.5. The summed E-state index contributed by atoms with van der Waals surface area (Å²) in [5.41, 5.74) is 3.37. The van der Waals surface area contributed by atoms with Crippen molar-refractivity contribution < 1.29 is 9.13 Å². The third kappa shape index (κ3) is 4.40. The monoisotopic (exact) mass is 379 g/mol. The molecule has 1 aromatic carbocycles. The number of pyridine rings is 1. The van der Waals surface area contributed by atoms with Crippen molar-refractivity contribution in [2.45, 2.75) is 39.7 Å². The van der Waals surface area contributed by atoms with Gasteiger partial charge in [-0.3, -0.25) is 0 Å². The van der Waals surface area contributed by atoms with E-state index in [1.807, 2.05) is 32.0 Å². The van der Waals surface area contributed by atoms with Crippen molar-refractivity contribution in [3.8, 4) is 11.9 Å². The number of hydrogen-bond acceptors (Lipinski definition) is 4. The van der Waals surface area contributed by atoms with Crippen LogP contribution in [0.2, 0.25) is 0 Å². The molecule has 4 nitrogen and oxygen atoms in total. The molecule has 2 heterocycles. The lowest BCUT2D eigenvalue weighted by Gasteiger charge is -2.44. The summed E-state index contributed by atoms with van der Waals surface area (Å²) >= 11 is 0. The minimum atomic E-state index is -0.436. The Morgan fingerprint density at radius 2 is 2.07 bits per heavy atom. The van der Waals surface area contributed by atoms with Crippen LogP contribution >= 0.6 is 0 Å². The van der Waals surface area contributed by atoms with Gasteiger partial charge in [-0.05, 0) is 48.4 Å². The molecule has 146 valence electrons. The van der Waals surface area contributed by atoms with Gasteiger partial charge in [-0.1, -0.05) is 32.1 Å². The number of nitrogens with one attached hydrogen (secondary N) is 1. The molecule has 1 aromatic heterocycles. The first-order chi connectivity index (χ1) is 13.7. The van der Waals surface area contributed by atoms with Crippen LogP contribution in [-0.4, -0.2) is 18.1 Å². The van der Waals surface area contributed by atoms with Crippen molar-refractivity contribution in [3.05, 3.63) is 65.1 Å². The molecule has 0 atom stereocenters. The molecule has 0 unspecified atom stereocenters. The second-order valence-corrected chi connectivity index (χ2v) is 7.10. The molecule has 1 aliphatic carbocycles. The summed E-state index contributed by atoms with van der Waals surface area (Å²) in [6, 6.07) is 12.0. The van der Waals surface area contributed by atoms with Crippen LogP contribution in [0.15, 0.2) is 42.5 Å². The van der Waals surface area contributed by atoms with E-state index in [1.54, 1.807) is 18.2 Å². The normalized spacial score (nSPS) is 16.9. The minimum absolute atomic E-state index is 0.0851. The number of ether oxygens (including phenoxy) is 1. The van der Waals surface area contributed by atoms with Crippen molar-refractivity contribution in [1.29, 1.82) is 5.26 Å². The van der Waals surface area contributed by atoms with Crippen molar-refractivity contribution >= 4 is 5.57 Å². The van der Waals surface area contributed by atoms with E-state index >= 15 is 0 Å². The molecule has 1 aliphatic heterocycles. The maximum Gasteiger partial charge on any atom is 0.214 e. The average Bonchev–Trinajstić information content (AvgIpc) is 2.73. The largest absolute Gasteiger partial charge is 0.473 e. The Hall–Kier alpha value is -2.71. The Balaban J connectivity index is 0.00000109. The first-order valence-electron chi connectivity index (χ1n) is 9.86. The van der Waals surface area contributed by atoms with E-state index in [4.69, 9.17) is 10.00 Å². The van der Waals surface area contributed by atoms with E-state index in [0.717, 1.165) is 31.6 Å². The standard InChI is InChI=1S/C21H20FN3O.C2H6/c22-18-10-15(11-23)4-5-17(18)12-26-20-3-1-2-19(25-20)16-6-8-21(9-7-16)13-24-14-21;1-2/h1-6,10,24H,7-9,12-14H2;1-2H3. The molecule has 0 radical (unpaired) electrons. The van der Waals surface area contributed by atoms with Gasteiger partial charge in [0.05, 0.1) is 17.3 Å². The highest BCUT2D eigenvalue weighted by molar-refractivity contribution is 5.64. The van der Waals surface area contributed by atoms with Crippen LogP contribution in [0.25, 0.3) is 5.57 Å². The summed E-state index contributed by atoms with van der Waals surface area (Å²) in [5, 5.41) is 12.2. The van der Waals surface area contributed by atoms with Gasteiger partial charge in [0, 0.05) is 24.7 Å². The molecule has 1 saturated heterocycles. The van der Waals surface area contributed by atoms with Crippen molar-refractivity contribution in [3.63, 3.8) is 0 Å². The zero-order valence-electron chi connectivity index (χ0n) is 16.5. The quantitative estimate of drug-likeness (QED) is 0.825. The molecular weight excluding hydrogens is 353 g/mol. The lowest BCUT2D eigenvalue weighted by Crippen LogP contribution is -2.53. The molecule has 5 heteroatoms. The number of allylic oxidation sites excluding steroid dienone is 2. The Labute approximate surface area is 166 Å². The van der Waals surface area contributed by atoms with Gasteiger partial charge in [-0.2, -0.15) is 5.26 Å². The fraction of sp³-hybridized carbons (Fsp3) is 0.391. The average molecular weight is 379 g/mol. The van der Waals surface area contributed by atoms with Gasteiger partial charge in [-0.15, -0.1) is 0 Å². The number of nitrogens with zero attached hydrogens (tertiary/aromatic N) is 2. The Morgan fingerprint density at radius 1 is 1.25 bits per heavy atom. The van der Waals surface area contributed by atoms with Crippen LogP contribution in [0.1, 0.15) is 49.9 Å². The highest BCUT2D eigenvalue weighted by Crippen LogP contribution is 2.41. The fourth-order valence-corrected chi connectivity index (χ4v) is 3.54. The van der Waals surface area contributed by atoms with E-state index in [0.29, 0.717) is 22.4 Å². The summed E-state index contributed by atoms with van der Waals surface area (Å²) in [4.78, 5) is 4.59. The maximum atomic E-state index is 14.0. The molecule has 28 heavy (non-hydrogen) atoms. The smallest absolute Gasteiger partial charge is 0.214 e. The Morgan fingerprint density at radius 3 is 2.68 bits per heavy atom. The number of benzene rings is 1. The van der Waals surface area contributed by atoms with Crippen LogP contribution < -0.4 is 10.1 Å². The van der Waals surface area contributed by atoms with Gasteiger partial charge in [-0.25, -0.2) is 9.37 Å². The summed E-state index contributed by atoms with van der Waals surface area (Å²) in [7, 11) is 0. The number of rotatable bonds is 4. The molecule has 0 bridgehead atoms. The highest BCUT2D eigenvalue weighted by atomic mass is 19.1. The Kier molecular flexibility index (Phi) is 6.43. The lowest BCUT2D eigenvalue weighted by atomic mass is 9.70. The highest BCUT2D eigenvalue weighted by Gasteiger charge is 2.37. The minimum Gasteiger partial charge on any atom is -0.473 e. The molecule has 0 saturated carbocycles. The fourth-order valence-electron chi connectivity index (χ4n) is 3.54. The van der Waals surface area contributed by atoms with E-state index < -0.39 is 5.82 Å². The number of aromatic nitrogens is 1. The van der Waals surface area contributed by atoms with Crippen LogP contribution in [0, 0.1) is 22.6 Å². The van der Waals surface area contributed by atoms with E-state index in [1.165, 1.54) is 18.1 Å². The predicted molar refractivity (Wildman–Crippen MR) is 108 cm³/mol. The van der Waals surface area contributed by atoms with E-state index in [9.17, 15) is 4.39 Å². The Bertz CT molecular complexity index is 897. The molecule has 1 fully saturated rings. The van der Waals surface area contributed by atoms with E-state index in [-0.39, 0.29) is 6.61 Å². The van der Waals surface area contributed by atoms with Crippen molar-refractivity contribution in [2.24, 2.45) is 5.41 Å². The summed E-state index contributed by atoms with van der Waals surface area (Å²) in [6.45, 7) is 6.31. The third-order valence-corrected chi connectivity index (χ3v) is 5.32. The van der Waals surface area contributed by atoms with E-state index in [2.05, 4.69) is 16.4 Å². The summed E-state index contributed by atoms with van der Waals surface area (Å²) in [6.07, 6.45) is 5.62. The second kappa shape index (κ2) is 8.99. The number of hydrogen-bond donors (Lipinski definition) is 1. The molecule has 1 spiro atoms. The second-order valence-electron chi connectivity index (χ2n) is 7.10. The first kappa shape index (κ1) is 20.0. The van der Waals surface area contributed by atoms with Crippen LogP contribution in [0.5, 0.6) is 5.88 Å². The van der Waals surface area contributed by atoms with Crippen LogP contribution in [0.4, 0.5) is 4.39 Å². The van der Waals surface area contributed by atoms with Gasteiger partial charge in [0.1, 0.15) is 12.4 Å². The number of nitriles is 1. The summed E-state index contributed by atoms with van der Waals surface area (Å²) in [5.74, 6) is 0.0485. The maximum absolute atomic E-state index is 14.0. The van der Waals surface area contributed by atoms with Gasteiger partial charge in [0.15, 0.2) is 0 Å². The van der Waals surface area contributed by atoms with Gasteiger partial charge < -0.3 is 10.1 Å². The topological polar surface area (TPSA) is 57.9 Å². The SMILES string of the molecule is CC.N#Cc1ccc(COc2cccc(C3=CCC4(CC3)CNC4)n2)c(F)c1. The van der Waals surface area contributed by atoms with Gasteiger partial charge in [0.2, 0.25) is 5.88 Å². The predicted octanol–water partition coefficient (Wildman–Crippen LogP) is 4.85. The molecular formula is C23H26FN3O. The van der Waals surface area contributed by atoms with Crippen LogP contribution in [0.3, 0.4) is 0 Å². The molecule has 0 amide bonds. The summed E-state index contributed by atoms with van der Waals surface area (Å²) < 4.78 is 19.6. The third-order valence-electron chi connectivity index (χ3n) is 5.32. The van der Waals surface area contributed by atoms with Crippen molar-refractivity contribution in [2.75, 3.05) is 13.1 Å². The first-order valence-corrected chi connectivity index (χ1v) is 9.86. The van der Waals surface area contributed by atoms with Crippen molar-refractivity contribution in [1.82, 2.24) is 10.3 Å². The van der Waals surface area contributed by atoms with Gasteiger partial charge >= 0.3 is 0 Å². The lowest BCUT2D eigenvalue weighted by molar-refractivity contribution is 0.153. The number of halogens is 1. The molecule has 2 aromatic rings. The zero-order chi connectivity index (χ0) is 20.0. The molecule has 2 aliphatic rings. The molecule has 1 N–H and O–H groups in total. The van der Waals surface area contributed by atoms with Crippen LogP contribution in [-0.2, 0) is 6.61 Å². The molecule has 4 rings (SSSR count).